The molecule has 2 atom stereocenters. The van der Waals surface area contributed by atoms with Crippen LogP contribution in [0.15, 0.2) is 16.5 Å². The van der Waals surface area contributed by atoms with Crippen molar-refractivity contribution in [3.63, 3.8) is 0 Å². The number of carbonyl (C=O) groups excluding carboxylic acids is 1. The Morgan fingerprint density at radius 2 is 2.20 bits per heavy atom. The average molecular weight is 276 g/mol. The van der Waals surface area contributed by atoms with E-state index in [2.05, 4.69) is 5.32 Å². The van der Waals surface area contributed by atoms with Gasteiger partial charge in [-0.15, -0.1) is 0 Å². The fraction of sp³-hybridized carbons (Fsp3) is 0.571. The maximum atomic E-state index is 12.1. The van der Waals surface area contributed by atoms with Crippen LogP contribution in [0, 0.1) is 16.7 Å². The molecule has 1 saturated carbocycles. The molecule has 2 aliphatic rings. The van der Waals surface area contributed by atoms with E-state index in [9.17, 15) is 9.90 Å². The zero-order valence-corrected chi connectivity index (χ0v) is 11.0. The molecule has 6 nitrogen and oxygen atoms in total. The molecular weight excluding hydrogens is 260 g/mol. The number of hydrogen-bond donors (Lipinski definition) is 2. The van der Waals surface area contributed by atoms with Crippen molar-refractivity contribution in [3.8, 4) is 6.07 Å². The smallest absolute Gasteiger partial charge is 0.287 e. The molecule has 2 heterocycles. The van der Waals surface area contributed by atoms with Crippen LogP contribution in [0.1, 0.15) is 35.6 Å². The molecule has 1 amide bonds. The van der Waals surface area contributed by atoms with Crippen LogP contribution in [0.25, 0.3) is 0 Å². The second-order valence-electron chi connectivity index (χ2n) is 5.40. The molecule has 1 aromatic heterocycles. The maximum absolute atomic E-state index is 12.1. The van der Waals surface area contributed by atoms with Gasteiger partial charge in [0.2, 0.25) is 5.76 Å². The minimum absolute atomic E-state index is 0.0652. The highest BCUT2D eigenvalue weighted by Crippen LogP contribution is 2.49. The predicted octanol–water partition coefficient (Wildman–Crippen LogP) is 0.811. The van der Waals surface area contributed by atoms with E-state index in [1.165, 1.54) is 12.1 Å². The summed E-state index contributed by atoms with van der Waals surface area (Å²) in [5, 5.41) is 21.6. The molecule has 1 saturated heterocycles. The number of rotatable bonds is 2. The first-order valence-electron chi connectivity index (χ1n) is 6.72. The quantitative estimate of drug-likeness (QED) is 0.833. The molecule has 2 N–H and O–H groups in total. The lowest BCUT2D eigenvalue weighted by Gasteiger charge is -2.55. The number of furan rings is 1. The van der Waals surface area contributed by atoms with Crippen molar-refractivity contribution in [1.29, 1.82) is 5.26 Å². The predicted molar refractivity (Wildman–Crippen MR) is 67.8 cm³/mol. The molecule has 6 heteroatoms. The fourth-order valence-corrected chi connectivity index (χ4v) is 3.15. The summed E-state index contributed by atoms with van der Waals surface area (Å²) in [7, 11) is 0. The zero-order chi connectivity index (χ0) is 14.2. The van der Waals surface area contributed by atoms with E-state index in [1.54, 1.807) is 0 Å². The third-order valence-corrected chi connectivity index (χ3v) is 4.49. The summed E-state index contributed by atoms with van der Waals surface area (Å²) >= 11 is 0. The van der Waals surface area contributed by atoms with Crippen molar-refractivity contribution in [2.75, 3.05) is 13.2 Å². The number of nitrogens with one attached hydrogen (secondary N) is 1. The van der Waals surface area contributed by atoms with Gasteiger partial charge in [0, 0.05) is 24.7 Å². The van der Waals surface area contributed by atoms with Gasteiger partial charge in [-0.1, -0.05) is 0 Å². The van der Waals surface area contributed by atoms with E-state index in [0.717, 1.165) is 12.8 Å². The van der Waals surface area contributed by atoms with Crippen LogP contribution in [-0.4, -0.2) is 36.4 Å². The topological polar surface area (TPSA) is 95.5 Å². The first kappa shape index (κ1) is 13.2. The Kier molecular flexibility index (Phi) is 3.24. The van der Waals surface area contributed by atoms with Crippen molar-refractivity contribution in [2.45, 2.75) is 31.4 Å². The van der Waals surface area contributed by atoms with Crippen molar-refractivity contribution in [1.82, 2.24) is 5.32 Å². The lowest BCUT2D eigenvalue weighted by atomic mass is 9.58. The van der Waals surface area contributed by atoms with Gasteiger partial charge in [-0.25, -0.2) is 0 Å². The van der Waals surface area contributed by atoms with Crippen molar-refractivity contribution in [3.05, 3.63) is 23.7 Å². The minimum Gasteiger partial charge on any atom is -0.440 e. The Labute approximate surface area is 116 Å². The molecule has 0 radical (unpaired) electrons. The number of ether oxygens (including phenoxy) is 1. The highest BCUT2D eigenvalue weighted by atomic mass is 16.5. The number of aliphatic hydroxyl groups is 1. The lowest BCUT2D eigenvalue weighted by molar-refractivity contribution is -0.145. The second kappa shape index (κ2) is 4.93. The van der Waals surface area contributed by atoms with Crippen LogP contribution in [0.4, 0.5) is 0 Å². The van der Waals surface area contributed by atoms with Crippen molar-refractivity contribution >= 4 is 5.91 Å². The Balaban J connectivity index is 1.68. The minimum atomic E-state index is -0.386. The largest absolute Gasteiger partial charge is 0.440 e. The van der Waals surface area contributed by atoms with Gasteiger partial charge < -0.3 is 19.6 Å². The van der Waals surface area contributed by atoms with Gasteiger partial charge in [0.15, 0.2) is 5.76 Å². The van der Waals surface area contributed by atoms with Crippen molar-refractivity contribution < 1.29 is 19.1 Å². The molecule has 0 unspecified atom stereocenters. The van der Waals surface area contributed by atoms with Gasteiger partial charge in [0.1, 0.15) is 6.07 Å². The van der Waals surface area contributed by atoms with E-state index in [1.807, 2.05) is 6.07 Å². The Bertz CT molecular complexity index is 554. The van der Waals surface area contributed by atoms with E-state index in [-0.39, 0.29) is 35.0 Å². The van der Waals surface area contributed by atoms with Gasteiger partial charge in [-0.3, -0.25) is 4.79 Å². The monoisotopic (exact) mass is 276 g/mol. The van der Waals surface area contributed by atoms with Crippen LogP contribution in [0.5, 0.6) is 0 Å². The van der Waals surface area contributed by atoms with Crippen LogP contribution in [0.2, 0.25) is 0 Å². The molecule has 1 aliphatic heterocycles. The summed E-state index contributed by atoms with van der Waals surface area (Å²) in [4.78, 5) is 12.1. The summed E-state index contributed by atoms with van der Waals surface area (Å²) in [6.45, 7) is 1.23. The van der Waals surface area contributed by atoms with Gasteiger partial charge in [0.05, 0.1) is 6.10 Å². The van der Waals surface area contributed by atoms with Gasteiger partial charge in [-0.05, 0) is 31.4 Å². The number of nitriles is 1. The summed E-state index contributed by atoms with van der Waals surface area (Å²) in [5.41, 5.74) is -0.265. The van der Waals surface area contributed by atoms with Crippen LogP contribution < -0.4 is 5.32 Å². The SMILES string of the molecule is N#Cc1ccc(C(=O)N[C@@H]2C[C@@H](O)C23CCOCC3)o1. The van der Waals surface area contributed by atoms with E-state index < -0.39 is 0 Å². The van der Waals surface area contributed by atoms with Crippen LogP contribution in [-0.2, 0) is 4.74 Å². The average Bonchev–Trinajstić information content (AvgIpc) is 2.97. The molecule has 2 fully saturated rings. The lowest BCUT2D eigenvalue weighted by Crippen LogP contribution is -2.65. The molecular formula is C14H16N2O4. The third-order valence-electron chi connectivity index (χ3n) is 4.49. The molecule has 0 bridgehead atoms. The maximum Gasteiger partial charge on any atom is 0.287 e. The number of carbonyl (C=O) groups is 1. The number of nitrogens with zero attached hydrogens (tertiary/aromatic N) is 1. The van der Waals surface area contributed by atoms with Gasteiger partial charge in [-0.2, -0.15) is 5.26 Å². The Morgan fingerprint density at radius 3 is 2.80 bits per heavy atom. The summed E-state index contributed by atoms with van der Waals surface area (Å²) in [6, 6.07) is 4.73. The molecule has 20 heavy (non-hydrogen) atoms. The normalized spacial score (nSPS) is 27.6. The van der Waals surface area contributed by atoms with Gasteiger partial charge >= 0.3 is 0 Å². The summed E-state index contributed by atoms with van der Waals surface area (Å²) in [5.74, 6) is -0.0935. The standard InChI is InChI=1S/C14H16N2O4/c15-8-9-1-2-10(20-9)13(18)16-11-7-12(17)14(11)3-5-19-6-4-14/h1-2,11-12,17H,3-7H2,(H,16,18)/t11-,12-/m1/s1. The van der Waals surface area contributed by atoms with E-state index in [0.29, 0.717) is 19.6 Å². The van der Waals surface area contributed by atoms with Crippen molar-refractivity contribution in [2.24, 2.45) is 5.41 Å². The molecule has 1 aliphatic carbocycles. The molecule has 3 rings (SSSR count). The van der Waals surface area contributed by atoms with Crippen LogP contribution >= 0.6 is 0 Å². The molecule has 1 spiro atoms. The molecule has 0 aromatic carbocycles. The highest BCUT2D eigenvalue weighted by Gasteiger charge is 2.55. The molecule has 1 aromatic rings. The Morgan fingerprint density at radius 1 is 1.45 bits per heavy atom. The zero-order valence-electron chi connectivity index (χ0n) is 11.0. The third kappa shape index (κ3) is 1.99. The van der Waals surface area contributed by atoms with E-state index in [4.69, 9.17) is 14.4 Å². The Hall–Kier alpha value is -1.84. The summed E-state index contributed by atoms with van der Waals surface area (Å²) < 4.78 is 10.4. The first-order valence-corrected chi connectivity index (χ1v) is 6.72. The van der Waals surface area contributed by atoms with Gasteiger partial charge in [0.25, 0.3) is 5.91 Å². The van der Waals surface area contributed by atoms with E-state index >= 15 is 0 Å². The summed E-state index contributed by atoms with van der Waals surface area (Å²) in [6.07, 6.45) is 1.67. The number of hydrogen-bond acceptors (Lipinski definition) is 5. The van der Waals surface area contributed by atoms with Crippen LogP contribution in [0.3, 0.4) is 0 Å². The number of aliphatic hydroxyl groups excluding tert-OH is 1. The highest BCUT2D eigenvalue weighted by molar-refractivity contribution is 5.91. The fourth-order valence-electron chi connectivity index (χ4n) is 3.15. The number of amides is 1. The second-order valence-corrected chi connectivity index (χ2v) is 5.40. The molecule has 106 valence electrons. The first-order chi connectivity index (χ1) is 9.65.